The molecule has 0 fully saturated rings. The van der Waals surface area contributed by atoms with Crippen LogP contribution in [0.25, 0.3) is 0 Å². The SMILES string of the molecule is CCCCCCCCCCCCCCC(Cc1ccccc1)S(=O)(=O)O. The second-order valence-corrected chi connectivity index (χ2v) is 9.20. The molecule has 0 aliphatic rings. The van der Waals surface area contributed by atoms with Crippen molar-refractivity contribution in [2.24, 2.45) is 0 Å². The Hall–Kier alpha value is -0.870. The fourth-order valence-corrected chi connectivity index (χ4v) is 4.31. The minimum atomic E-state index is -3.98. The van der Waals surface area contributed by atoms with Gasteiger partial charge in [-0.05, 0) is 18.4 Å². The highest BCUT2D eigenvalue weighted by atomic mass is 32.2. The lowest BCUT2D eigenvalue weighted by atomic mass is 10.0. The standard InChI is InChI=1S/C22H38O3S/c1-2-3-4-5-6-7-8-9-10-11-12-16-19-22(26(23,24)25)20-21-17-14-13-15-18-21/h13-15,17-18,22H,2-12,16,19-20H2,1H3,(H,23,24,25). The van der Waals surface area contributed by atoms with Gasteiger partial charge in [-0.1, -0.05) is 114 Å². The fourth-order valence-electron chi connectivity index (χ4n) is 3.45. The molecule has 0 aliphatic heterocycles. The van der Waals surface area contributed by atoms with Gasteiger partial charge in [-0.15, -0.1) is 0 Å². The lowest BCUT2D eigenvalue weighted by molar-refractivity contribution is 0.454. The summed E-state index contributed by atoms with van der Waals surface area (Å²) in [6, 6.07) is 9.55. The van der Waals surface area contributed by atoms with E-state index in [9.17, 15) is 13.0 Å². The Labute approximate surface area is 161 Å². The summed E-state index contributed by atoms with van der Waals surface area (Å²) < 4.78 is 32.7. The summed E-state index contributed by atoms with van der Waals surface area (Å²) in [5.41, 5.74) is 0.967. The Balaban J connectivity index is 2.08. The van der Waals surface area contributed by atoms with Gasteiger partial charge >= 0.3 is 0 Å². The maximum Gasteiger partial charge on any atom is 0.268 e. The Morgan fingerprint density at radius 2 is 1.23 bits per heavy atom. The van der Waals surface area contributed by atoms with E-state index in [2.05, 4.69) is 6.92 Å². The zero-order chi connectivity index (χ0) is 19.1. The molecule has 0 aromatic heterocycles. The molecule has 3 nitrogen and oxygen atoms in total. The third-order valence-corrected chi connectivity index (χ3v) is 6.35. The molecule has 1 aromatic carbocycles. The van der Waals surface area contributed by atoms with Gasteiger partial charge in [0, 0.05) is 0 Å². The smallest absolute Gasteiger partial charge is 0.268 e. The Kier molecular flexibility index (Phi) is 12.7. The highest BCUT2D eigenvalue weighted by Gasteiger charge is 2.22. The number of rotatable bonds is 16. The molecule has 0 heterocycles. The minimum absolute atomic E-state index is 0.401. The van der Waals surface area contributed by atoms with E-state index in [1.807, 2.05) is 30.3 Å². The summed E-state index contributed by atoms with van der Waals surface area (Å²) in [5.74, 6) is 0. The zero-order valence-corrected chi connectivity index (χ0v) is 17.4. The molecule has 1 atom stereocenters. The van der Waals surface area contributed by atoms with Crippen molar-refractivity contribution in [3.63, 3.8) is 0 Å². The van der Waals surface area contributed by atoms with E-state index in [0.717, 1.165) is 18.4 Å². The third-order valence-electron chi connectivity index (χ3n) is 5.11. The molecule has 26 heavy (non-hydrogen) atoms. The first kappa shape index (κ1) is 23.2. The molecule has 0 saturated carbocycles. The van der Waals surface area contributed by atoms with Gasteiger partial charge in [0.1, 0.15) is 0 Å². The van der Waals surface area contributed by atoms with Gasteiger partial charge in [-0.25, -0.2) is 0 Å². The van der Waals surface area contributed by atoms with Crippen LogP contribution >= 0.6 is 0 Å². The molecule has 0 radical (unpaired) electrons. The van der Waals surface area contributed by atoms with Crippen molar-refractivity contribution in [1.82, 2.24) is 0 Å². The van der Waals surface area contributed by atoms with Crippen LogP contribution in [-0.2, 0) is 16.5 Å². The number of hydrogen-bond acceptors (Lipinski definition) is 2. The Morgan fingerprint density at radius 3 is 1.69 bits per heavy atom. The average Bonchev–Trinajstić information content (AvgIpc) is 2.61. The Morgan fingerprint density at radius 1 is 0.769 bits per heavy atom. The van der Waals surface area contributed by atoms with Crippen LogP contribution in [0.2, 0.25) is 0 Å². The van der Waals surface area contributed by atoms with Crippen molar-refractivity contribution >= 4 is 10.1 Å². The second kappa shape index (κ2) is 14.2. The summed E-state index contributed by atoms with van der Waals surface area (Å²) in [6.45, 7) is 2.25. The van der Waals surface area contributed by atoms with Crippen LogP contribution in [0.3, 0.4) is 0 Å². The molecule has 0 aliphatic carbocycles. The summed E-state index contributed by atoms with van der Waals surface area (Å²) in [5, 5.41) is -0.673. The normalized spacial score (nSPS) is 13.0. The second-order valence-electron chi connectivity index (χ2n) is 7.50. The lowest BCUT2D eigenvalue weighted by Gasteiger charge is -2.14. The third kappa shape index (κ3) is 11.7. The van der Waals surface area contributed by atoms with Crippen molar-refractivity contribution in [3.05, 3.63) is 35.9 Å². The maximum absolute atomic E-state index is 11.6. The van der Waals surface area contributed by atoms with E-state index in [0.29, 0.717) is 12.8 Å². The first-order valence-corrected chi connectivity index (χ1v) is 12.0. The van der Waals surface area contributed by atoms with Gasteiger partial charge in [0.15, 0.2) is 0 Å². The Bertz CT molecular complexity index is 540. The highest BCUT2D eigenvalue weighted by molar-refractivity contribution is 7.86. The van der Waals surface area contributed by atoms with Crippen LogP contribution in [0.15, 0.2) is 30.3 Å². The first-order valence-electron chi connectivity index (χ1n) is 10.5. The van der Waals surface area contributed by atoms with Crippen LogP contribution in [0.1, 0.15) is 96.0 Å². The number of hydrogen-bond donors (Lipinski definition) is 1. The first-order chi connectivity index (χ1) is 12.5. The van der Waals surface area contributed by atoms with Gasteiger partial charge in [0.25, 0.3) is 10.1 Å². The van der Waals surface area contributed by atoms with Gasteiger partial charge in [-0.2, -0.15) is 8.42 Å². The largest absolute Gasteiger partial charge is 0.285 e. The molecular weight excluding hydrogens is 344 g/mol. The lowest BCUT2D eigenvalue weighted by Crippen LogP contribution is -2.23. The quantitative estimate of drug-likeness (QED) is 0.259. The maximum atomic E-state index is 11.6. The fraction of sp³-hybridized carbons (Fsp3) is 0.727. The topological polar surface area (TPSA) is 54.4 Å². The van der Waals surface area contributed by atoms with Crippen LogP contribution in [0.5, 0.6) is 0 Å². The summed E-state index contributed by atoms with van der Waals surface area (Å²) in [7, 11) is -3.98. The van der Waals surface area contributed by atoms with Crippen molar-refractivity contribution in [2.45, 2.75) is 102 Å². The molecule has 4 heteroatoms. The van der Waals surface area contributed by atoms with Gasteiger partial charge in [-0.3, -0.25) is 4.55 Å². The van der Waals surface area contributed by atoms with Crippen molar-refractivity contribution < 1.29 is 13.0 Å². The molecule has 1 N–H and O–H groups in total. The predicted octanol–water partition coefficient (Wildman–Crippen LogP) is 6.58. The van der Waals surface area contributed by atoms with Gasteiger partial charge in [0.05, 0.1) is 5.25 Å². The van der Waals surface area contributed by atoms with Crippen molar-refractivity contribution in [3.8, 4) is 0 Å². The van der Waals surface area contributed by atoms with Gasteiger partial charge < -0.3 is 0 Å². The van der Waals surface area contributed by atoms with Crippen molar-refractivity contribution in [2.75, 3.05) is 0 Å². The van der Waals surface area contributed by atoms with E-state index in [-0.39, 0.29) is 0 Å². The molecule has 1 aromatic rings. The molecule has 0 spiro atoms. The molecule has 1 rings (SSSR count). The monoisotopic (exact) mass is 382 g/mol. The summed E-state index contributed by atoms with van der Waals surface area (Å²) in [4.78, 5) is 0. The van der Waals surface area contributed by atoms with E-state index in [1.54, 1.807) is 0 Å². The molecule has 0 saturated heterocycles. The van der Waals surface area contributed by atoms with E-state index in [1.165, 1.54) is 64.2 Å². The van der Waals surface area contributed by atoms with Crippen molar-refractivity contribution in [1.29, 1.82) is 0 Å². The zero-order valence-electron chi connectivity index (χ0n) is 16.5. The number of unbranched alkanes of at least 4 members (excludes halogenated alkanes) is 11. The van der Waals surface area contributed by atoms with E-state index in [4.69, 9.17) is 0 Å². The van der Waals surface area contributed by atoms with E-state index < -0.39 is 15.4 Å². The van der Waals surface area contributed by atoms with Crippen LogP contribution < -0.4 is 0 Å². The average molecular weight is 383 g/mol. The molecule has 0 bridgehead atoms. The molecule has 0 amide bonds. The summed E-state index contributed by atoms with van der Waals surface area (Å²) in [6.07, 6.45) is 16.1. The predicted molar refractivity (Wildman–Crippen MR) is 111 cm³/mol. The van der Waals surface area contributed by atoms with Gasteiger partial charge in [0.2, 0.25) is 0 Å². The minimum Gasteiger partial charge on any atom is -0.285 e. The molecule has 150 valence electrons. The molecule has 1 unspecified atom stereocenters. The molecular formula is C22H38O3S. The van der Waals surface area contributed by atoms with Crippen LogP contribution in [0, 0.1) is 0 Å². The number of benzene rings is 1. The van der Waals surface area contributed by atoms with Crippen LogP contribution in [0.4, 0.5) is 0 Å². The van der Waals surface area contributed by atoms with Crippen LogP contribution in [-0.4, -0.2) is 18.2 Å². The van der Waals surface area contributed by atoms with E-state index >= 15 is 0 Å². The summed E-state index contributed by atoms with van der Waals surface area (Å²) >= 11 is 0. The highest BCUT2D eigenvalue weighted by Crippen LogP contribution is 2.18.